The summed E-state index contributed by atoms with van der Waals surface area (Å²) in [5.74, 6) is 0.345. The average Bonchev–Trinajstić information content (AvgIpc) is 3.06. The molecule has 3 heterocycles. The van der Waals surface area contributed by atoms with Crippen molar-refractivity contribution >= 4 is 0 Å². The molecule has 0 aliphatic carbocycles. The first-order valence-corrected chi connectivity index (χ1v) is 6.21. The van der Waals surface area contributed by atoms with Gasteiger partial charge in [0.25, 0.3) is 5.56 Å². The van der Waals surface area contributed by atoms with Gasteiger partial charge in [-0.3, -0.25) is 14.5 Å². The quantitative estimate of drug-likeness (QED) is 0.788. The van der Waals surface area contributed by atoms with E-state index in [0.717, 1.165) is 27.3 Å². The fraction of sp³-hybridized carbons (Fsp3) is 0.154. The second-order valence-corrected chi connectivity index (χ2v) is 4.66. The molecule has 0 atom stereocenters. The summed E-state index contributed by atoms with van der Waals surface area (Å²) in [6.07, 6.45) is 0.0316. The molecule has 0 radical (unpaired) electrons. The number of aromatic nitrogens is 5. The number of imidazole rings is 1. The molecule has 114 valence electrons. The highest BCUT2D eigenvalue weighted by molar-refractivity contribution is 5.32. The number of alkyl halides is 3. The fourth-order valence-corrected chi connectivity index (χ4v) is 1.91. The number of halogens is 3. The van der Waals surface area contributed by atoms with Crippen LogP contribution >= 0.6 is 0 Å². The van der Waals surface area contributed by atoms with Crippen LogP contribution < -0.4 is 5.56 Å². The Kier molecular flexibility index (Phi) is 3.12. The molecule has 6 nitrogen and oxygen atoms in total. The van der Waals surface area contributed by atoms with E-state index in [0.29, 0.717) is 5.82 Å². The lowest BCUT2D eigenvalue weighted by Crippen LogP contribution is -2.18. The third-order valence-electron chi connectivity index (χ3n) is 3.03. The zero-order chi connectivity index (χ0) is 15.9. The van der Waals surface area contributed by atoms with Crippen LogP contribution in [0.5, 0.6) is 0 Å². The Balaban J connectivity index is 2.02. The monoisotopic (exact) mass is 309 g/mol. The molecule has 0 unspecified atom stereocenters. The molecule has 1 N–H and O–H groups in total. The van der Waals surface area contributed by atoms with Gasteiger partial charge in [0.1, 0.15) is 12.0 Å². The minimum Gasteiger partial charge on any atom is -0.299 e. The number of nitrogens with one attached hydrogen (secondary N) is 1. The molecule has 0 aliphatic heterocycles. The summed E-state index contributed by atoms with van der Waals surface area (Å²) >= 11 is 0. The molecule has 0 fully saturated rings. The normalized spacial score (nSPS) is 11.8. The van der Waals surface area contributed by atoms with Gasteiger partial charge in [0.05, 0.1) is 0 Å². The molecular weight excluding hydrogens is 299 g/mol. The highest BCUT2D eigenvalue weighted by Crippen LogP contribution is 2.27. The van der Waals surface area contributed by atoms with E-state index in [1.807, 2.05) is 6.92 Å². The number of aromatic amines is 1. The van der Waals surface area contributed by atoms with Crippen molar-refractivity contribution < 1.29 is 13.2 Å². The van der Waals surface area contributed by atoms with Gasteiger partial charge in [-0.25, -0.2) is 9.97 Å². The fourth-order valence-electron chi connectivity index (χ4n) is 1.91. The van der Waals surface area contributed by atoms with Crippen LogP contribution in [-0.4, -0.2) is 24.3 Å². The molecular formula is C13H10F3N5O. The molecule has 3 aromatic rings. The van der Waals surface area contributed by atoms with E-state index in [4.69, 9.17) is 0 Å². The predicted octanol–water partition coefficient (Wildman–Crippen LogP) is 2.07. The number of nitrogens with zero attached hydrogens (tertiary/aromatic N) is 4. The largest absolute Gasteiger partial charge is 0.434 e. The SMILES string of the molecule is Cc1ccc(-n2[nH]cc(-n3cnc(C(F)(F)F)c3)c2=O)nc1. The number of hydrogen-bond donors (Lipinski definition) is 1. The van der Waals surface area contributed by atoms with E-state index in [1.165, 1.54) is 6.20 Å². The molecule has 0 aromatic carbocycles. The van der Waals surface area contributed by atoms with Crippen LogP contribution in [0.1, 0.15) is 11.3 Å². The lowest BCUT2D eigenvalue weighted by molar-refractivity contribution is -0.140. The lowest BCUT2D eigenvalue weighted by Gasteiger charge is -2.00. The maximum absolute atomic E-state index is 12.5. The average molecular weight is 309 g/mol. The van der Waals surface area contributed by atoms with Crippen molar-refractivity contribution in [3.63, 3.8) is 0 Å². The highest BCUT2D eigenvalue weighted by atomic mass is 19.4. The number of aryl methyl sites for hydroxylation is 1. The first kappa shape index (κ1) is 14.1. The molecule has 0 bridgehead atoms. The maximum Gasteiger partial charge on any atom is 0.434 e. The minimum atomic E-state index is -4.56. The van der Waals surface area contributed by atoms with Crippen LogP contribution in [0.2, 0.25) is 0 Å². The van der Waals surface area contributed by atoms with Crippen LogP contribution in [0.15, 0.2) is 41.8 Å². The van der Waals surface area contributed by atoms with Crippen molar-refractivity contribution in [1.82, 2.24) is 24.3 Å². The minimum absolute atomic E-state index is 0.0189. The first-order chi connectivity index (χ1) is 10.4. The van der Waals surface area contributed by atoms with Gasteiger partial charge in [0.15, 0.2) is 11.5 Å². The van der Waals surface area contributed by atoms with Gasteiger partial charge in [-0.15, -0.1) is 0 Å². The van der Waals surface area contributed by atoms with Gasteiger partial charge in [0, 0.05) is 18.6 Å². The Bertz CT molecular complexity index is 857. The Morgan fingerprint density at radius 1 is 1.23 bits per heavy atom. The van der Waals surface area contributed by atoms with E-state index >= 15 is 0 Å². The Morgan fingerprint density at radius 2 is 2.00 bits per heavy atom. The molecule has 3 rings (SSSR count). The standard InChI is InChI=1S/C13H10F3N5O/c1-8-2-3-11(17-4-8)21-12(22)9(5-19-21)20-6-10(18-7-20)13(14,15)16/h2-7,19H,1H3. The molecule has 0 aliphatic rings. The van der Waals surface area contributed by atoms with E-state index < -0.39 is 17.4 Å². The number of pyridine rings is 1. The van der Waals surface area contributed by atoms with E-state index in [9.17, 15) is 18.0 Å². The second kappa shape index (κ2) is 4.86. The molecule has 0 saturated heterocycles. The van der Waals surface area contributed by atoms with E-state index in [1.54, 1.807) is 18.3 Å². The predicted molar refractivity (Wildman–Crippen MR) is 71.0 cm³/mol. The summed E-state index contributed by atoms with van der Waals surface area (Å²) in [5.41, 5.74) is -0.644. The molecule has 0 saturated carbocycles. The van der Waals surface area contributed by atoms with Crippen LogP contribution in [-0.2, 0) is 6.18 Å². The van der Waals surface area contributed by atoms with Crippen LogP contribution in [0, 0.1) is 6.92 Å². The zero-order valence-corrected chi connectivity index (χ0v) is 11.3. The van der Waals surface area contributed by atoms with Gasteiger partial charge < -0.3 is 0 Å². The van der Waals surface area contributed by atoms with Crippen molar-refractivity contribution in [1.29, 1.82) is 0 Å². The Hall–Kier alpha value is -2.84. The zero-order valence-electron chi connectivity index (χ0n) is 11.3. The summed E-state index contributed by atoms with van der Waals surface area (Å²) in [5, 5.41) is 2.67. The van der Waals surface area contributed by atoms with Crippen LogP contribution in [0.3, 0.4) is 0 Å². The van der Waals surface area contributed by atoms with Crippen LogP contribution in [0.4, 0.5) is 13.2 Å². The molecule has 3 aromatic heterocycles. The third-order valence-corrected chi connectivity index (χ3v) is 3.03. The summed E-state index contributed by atoms with van der Waals surface area (Å²) in [4.78, 5) is 19.6. The first-order valence-electron chi connectivity index (χ1n) is 6.21. The number of rotatable bonds is 2. The summed E-state index contributed by atoms with van der Waals surface area (Å²) < 4.78 is 39.8. The number of hydrogen-bond acceptors (Lipinski definition) is 3. The second-order valence-electron chi connectivity index (χ2n) is 4.66. The Morgan fingerprint density at radius 3 is 2.59 bits per heavy atom. The number of H-pyrrole nitrogens is 1. The van der Waals surface area contributed by atoms with Crippen molar-refractivity contribution in [2.75, 3.05) is 0 Å². The van der Waals surface area contributed by atoms with Gasteiger partial charge in [-0.05, 0) is 18.6 Å². The third kappa shape index (κ3) is 2.41. The smallest absolute Gasteiger partial charge is 0.299 e. The summed E-state index contributed by atoms with van der Waals surface area (Å²) in [6, 6.07) is 3.40. The molecule has 22 heavy (non-hydrogen) atoms. The highest BCUT2D eigenvalue weighted by Gasteiger charge is 2.33. The van der Waals surface area contributed by atoms with Crippen LogP contribution in [0.25, 0.3) is 11.5 Å². The van der Waals surface area contributed by atoms with Crippen molar-refractivity contribution in [3.8, 4) is 11.5 Å². The van der Waals surface area contributed by atoms with Crippen molar-refractivity contribution in [2.45, 2.75) is 13.1 Å². The molecule has 0 spiro atoms. The van der Waals surface area contributed by atoms with Gasteiger partial charge in [0.2, 0.25) is 0 Å². The van der Waals surface area contributed by atoms with Gasteiger partial charge in [-0.2, -0.15) is 17.9 Å². The Labute approximate surface area is 121 Å². The maximum atomic E-state index is 12.5. The van der Waals surface area contributed by atoms with E-state index in [2.05, 4.69) is 15.1 Å². The van der Waals surface area contributed by atoms with Crippen molar-refractivity contribution in [2.24, 2.45) is 0 Å². The summed E-state index contributed by atoms with van der Waals surface area (Å²) in [6.45, 7) is 1.85. The van der Waals surface area contributed by atoms with Crippen molar-refractivity contribution in [3.05, 3.63) is 58.7 Å². The summed E-state index contributed by atoms with van der Waals surface area (Å²) in [7, 11) is 0. The van der Waals surface area contributed by atoms with Gasteiger partial charge in [-0.1, -0.05) is 6.07 Å². The molecule has 9 heteroatoms. The molecule has 0 amide bonds. The topological polar surface area (TPSA) is 68.5 Å². The van der Waals surface area contributed by atoms with E-state index in [-0.39, 0.29) is 5.69 Å². The lowest BCUT2D eigenvalue weighted by atomic mass is 10.3. The van der Waals surface area contributed by atoms with Gasteiger partial charge >= 0.3 is 6.18 Å².